The number of aryl methyl sites for hydroxylation is 1. The maximum absolute atomic E-state index is 12.6. The number of nitrogens with zero attached hydrogens (tertiary/aromatic N) is 4. The van der Waals surface area contributed by atoms with Gasteiger partial charge in [0.1, 0.15) is 0 Å². The van der Waals surface area contributed by atoms with E-state index in [1.807, 2.05) is 58.5 Å². The Morgan fingerprint density at radius 3 is 2.52 bits per heavy atom. The first-order valence-electron chi connectivity index (χ1n) is 8.51. The predicted octanol–water partition coefficient (Wildman–Crippen LogP) is 3.27. The second-order valence-electron chi connectivity index (χ2n) is 6.67. The Bertz CT molecular complexity index is 1160. The fourth-order valence-corrected chi connectivity index (χ4v) is 3.53. The van der Waals surface area contributed by atoms with E-state index < -0.39 is 12.0 Å². The molecule has 0 saturated heterocycles. The lowest BCUT2D eigenvalue weighted by Crippen LogP contribution is -2.29. The minimum atomic E-state index is -1.34. The maximum atomic E-state index is 12.6. The first-order chi connectivity index (χ1) is 12.9. The van der Waals surface area contributed by atoms with Gasteiger partial charge < -0.3 is 14.6 Å². The van der Waals surface area contributed by atoms with Gasteiger partial charge in [0.05, 0.1) is 22.4 Å². The lowest BCUT2D eigenvalue weighted by Gasteiger charge is -2.17. The summed E-state index contributed by atoms with van der Waals surface area (Å²) >= 11 is 6.15. The highest BCUT2D eigenvalue weighted by Crippen LogP contribution is 2.34. The van der Waals surface area contributed by atoms with Gasteiger partial charge in [0.15, 0.2) is 6.10 Å². The number of hydrogen-bond donors (Lipinski definition) is 1. The van der Waals surface area contributed by atoms with Gasteiger partial charge in [0.2, 0.25) is 5.78 Å². The summed E-state index contributed by atoms with van der Waals surface area (Å²) in [5.74, 6) is 0.228. The summed E-state index contributed by atoms with van der Waals surface area (Å²) in [5.41, 5.74) is 3.56. The average Bonchev–Trinajstić information content (AvgIpc) is 3.17. The quantitative estimate of drug-likeness (QED) is 0.591. The summed E-state index contributed by atoms with van der Waals surface area (Å²) in [5, 5.41) is 11.5. The Balaban J connectivity index is 2.10. The van der Waals surface area contributed by atoms with Gasteiger partial charge in [-0.05, 0) is 18.2 Å². The minimum absolute atomic E-state index is 0.403. The molecule has 4 aromatic rings. The number of carbonyl (C=O) groups excluding carboxylic acids is 1. The number of likely N-dealkylation sites (N-methyl/N-ethyl adjacent to an activating group) is 1. The molecule has 0 aliphatic heterocycles. The summed E-state index contributed by atoms with van der Waals surface area (Å²) in [6.45, 7) is 0. The molecular formula is C20H19ClN4O2. The molecule has 1 amide bonds. The highest BCUT2D eigenvalue weighted by atomic mass is 35.5. The molecule has 0 aliphatic rings. The molecule has 0 aliphatic carbocycles. The van der Waals surface area contributed by atoms with E-state index in [0.717, 1.165) is 16.6 Å². The number of benzene rings is 2. The summed E-state index contributed by atoms with van der Waals surface area (Å²) < 4.78 is 3.74. The molecule has 0 spiro atoms. The van der Waals surface area contributed by atoms with Crippen LogP contribution >= 0.6 is 11.6 Å². The Morgan fingerprint density at radius 2 is 1.85 bits per heavy atom. The monoisotopic (exact) mass is 382 g/mol. The number of imidazole rings is 2. The van der Waals surface area contributed by atoms with Gasteiger partial charge in [-0.1, -0.05) is 41.9 Å². The van der Waals surface area contributed by atoms with Crippen LogP contribution in [0, 0.1) is 0 Å². The van der Waals surface area contributed by atoms with Gasteiger partial charge in [0, 0.05) is 31.7 Å². The molecule has 0 fully saturated rings. The van der Waals surface area contributed by atoms with Crippen LogP contribution in [0.5, 0.6) is 0 Å². The highest BCUT2D eigenvalue weighted by Gasteiger charge is 2.30. The highest BCUT2D eigenvalue weighted by molar-refractivity contribution is 6.31. The zero-order valence-electron chi connectivity index (χ0n) is 15.2. The number of aliphatic hydroxyl groups is 1. The van der Waals surface area contributed by atoms with Crippen molar-refractivity contribution in [3.63, 3.8) is 0 Å². The third-order valence-electron chi connectivity index (χ3n) is 4.72. The van der Waals surface area contributed by atoms with Gasteiger partial charge in [-0.3, -0.25) is 9.20 Å². The number of amides is 1. The molecule has 0 saturated carbocycles. The summed E-state index contributed by atoms with van der Waals surface area (Å²) in [6.07, 6.45) is -1.34. The lowest BCUT2D eigenvalue weighted by atomic mass is 10.1. The van der Waals surface area contributed by atoms with Crippen LogP contribution in [0.15, 0.2) is 48.5 Å². The first kappa shape index (κ1) is 17.6. The predicted molar refractivity (Wildman–Crippen MR) is 106 cm³/mol. The third-order valence-corrected chi connectivity index (χ3v) is 4.95. The van der Waals surface area contributed by atoms with Crippen LogP contribution in [0.4, 0.5) is 0 Å². The Kier molecular flexibility index (Phi) is 4.17. The zero-order chi connectivity index (χ0) is 19.3. The second kappa shape index (κ2) is 6.40. The normalized spacial score (nSPS) is 12.6. The molecule has 0 bridgehead atoms. The maximum Gasteiger partial charge on any atom is 0.257 e. The molecule has 0 radical (unpaired) electrons. The number of hydrogen-bond acceptors (Lipinski definition) is 3. The van der Waals surface area contributed by atoms with E-state index >= 15 is 0 Å². The largest absolute Gasteiger partial charge is 0.377 e. The molecule has 1 N–H and O–H groups in total. The molecule has 2 heterocycles. The van der Waals surface area contributed by atoms with Crippen LogP contribution in [0.1, 0.15) is 11.8 Å². The fourth-order valence-electron chi connectivity index (χ4n) is 3.37. The summed E-state index contributed by atoms with van der Waals surface area (Å²) in [6, 6.07) is 15.1. The smallest absolute Gasteiger partial charge is 0.257 e. The number of carbonyl (C=O) groups is 1. The standard InChI is InChI=1S/C20H19ClN4O2/c1-23(2)19(27)18(26)17-16(12-7-5-4-6-8-12)22-20-24(3)15-11-13(21)9-10-14(15)25(17)20/h4-11,18,26H,1-3H3. The van der Waals surface area contributed by atoms with Crippen LogP contribution in [-0.2, 0) is 11.8 Å². The van der Waals surface area contributed by atoms with E-state index in [2.05, 4.69) is 0 Å². The van der Waals surface area contributed by atoms with Crippen molar-refractivity contribution in [3.05, 3.63) is 59.2 Å². The van der Waals surface area contributed by atoms with Crippen LogP contribution in [0.25, 0.3) is 28.1 Å². The average molecular weight is 383 g/mol. The van der Waals surface area contributed by atoms with Gasteiger partial charge >= 0.3 is 0 Å². The number of halogens is 1. The molecule has 138 valence electrons. The van der Waals surface area contributed by atoms with Crippen LogP contribution in [-0.4, -0.2) is 44.0 Å². The van der Waals surface area contributed by atoms with E-state index in [9.17, 15) is 9.90 Å². The molecule has 2 aromatic heterocycles. The van der Waals surface area contributed by atoms with E-state index in [4.69, 9.17) is 16.6 Å². The minimum Gasteiger partial charge on any atom is -0.377 e. The molecule has 7 heteroatoms. The van der Waals surface area contributed by atoms with E-state index in [1.165, 1.54) is 4.90 Å². The van der Waals surface area contributed by atoms with Crippen molar-refractivity contribution in [3.8, 4) is 11.3 Å². The molecule has 27 heavy (non-hydrogen) atoms. The summed E-state index contributed by atoms with van der Waals surface area (Å²) in [7, 11) is 5.13. The van der Waals surface area contributed by atoms with Crippen LogP contribution in [0.2, 0.25) is 5.02 Å². The van der Waals surface area contributed by atoms with Crippen molar-refractivity contribution in [2.24, 2.45) is 7.05 Å². The Hall–Kier alpha value is -2.83. The first-order valence-corrected chi connectivity index (χ1v) is 8.89. The van der Waals surface area contributed by atoms with Crippen LogP contribution in [0.3, 0.4) is 0 Å². The molecule has 1 unspecified atom stereocenters. The molecule has 1 atom stereocenters. The van der Waals surface area contributed by atoms with Crippen molar-refractivity contribution >= 4 is 34.3 Å². The van der Waals surface area contributed by atoms with Gasteiger partial charge in [-0.2, -0.15) is 0 Å². The Labute approximate surface area is 161 Å². The second-order valence-corrected chi connectivity index (χ2v) is 7.11. The van der Waals surface area contributed by atoms with Gasteiger partial charge in [0.25, 0.3) is 5.91 Å². The lowest BCUT2D eigenvalue weighted by molar-refractivity contribution is -0.138. The number of aromatic nitrogens is 3. The molecular weight excluding hydrogens is 364 g/mol. The van der Waals surface area contributed by atoms with Crippen molar-refractivity contribution in [1.82, 2.24) is 18.9 Å². The number of aliphatic hydroxyl groups excluding tert-OH is 1. The van der Waals surface area contributed by atoms with Gasteiger partial charge in [-0.15, -0.1) is 0 Å². The number of rotatable bonds is 3. The molecule has 6 nitrogen and oxygen atoms in total. The van der Waals surface area contributed by atoms with Crippen molar-refractivity contribution in [2.45, 2.75) is 6.10 Å². The van der Waals surface area contributed by atoms with Crippen molar-refractivity contribution < 1.29 is 9.90 Å². The van der Waals surface area contributed by atoms with Crippen LogP contribution < -0.4 is 0 Å². The SMILES string of the molecule is CN(C)C(=O)C(O)c1c(-c2ccccc2)nc2n(C)c3cc(Cl)ccc3n12. The van der Waals surface area contributed by atoms with Crippen molar-refractivity contribution in [2.75, 3.05) is 14.1 Å². The summed E-state index contributed by atoms with van der Waals surface area (Å²) in [4.78, 5) is 18.7. The van der Waals surface area contributed by atoms with Gasteiger partial charge in [-0.25, -0.2) is 4.98 Å². The van der Waals surface area contributed by atoms with Crippen molar-refractivity contribution in [1.29, 1.82) is 0 Å². The van der Waals surface area contributed by atoms with E-state index in [1.54, 1.807) is 20.2 Å². The zero-order valence-corrected chi connectivity index (χ0v) is 16.0. The Morgan fingerprint density at radius 1 is 1.15 bits per heavy atom. The van der Waals surface area contributed by atoms with E-state index in [0.29, 0.717) is 22.2 Å². The topological polar surface area (TPSA) is 62.8 Å². The fraction of sp³-hybridized carbons (Fsp3) is 0.200. The molecule has 4 rings (SSSR count). The number of fused-ring (bicyclic) bond motifs is 3. The molecule has 2 aromatic carbocycles. The van der Waals surface area contributed by atoms with E-state index in [-0.39, 0.29) is 0 Å². The third kappa shape index (κ3) is 2.69.